The number of methoxy groups -OCH3 is 2. The van der Waals surface area contributed by atoms with E-state index in [4.69, 9.17) is 14.3 Å². The lowest BCUT2D eigenvalue weighted by molar-refractivity contribution is 0.166. The summed E-state index contributed by atoms with van der Waals surface area (Å²) < 4.78 is 10.4. The highest BCUT2D eigenvalue weighted by atomic mass is 16.7. The molecule has 6 nitrogen and oxygen atoms in total. The highest BCUT2D eigenvalue weighted by molar-refractivity contribution is 5.99. The van der Waals surface area contributed by atoms with Gasteiger partial charge >= 0.3 is 6.09 Å². The van der Waals surface area contributed by atoms with Crippen LogP contribution in [0.25, 0.3) is 0 Å². The summed E-state index contributed by atoms with van der Waals surface area (Å²) in [7, 11) is 3.12. The molecule has 23 heavy (non-hydrogen) atoms. The minimum absolute atomic E-state index is 0.536. The van der Waals surface area contributed by atoms with E-state index in [1.54, 1.807) is 51.5 Å². The lowest BCUT2D eigenvalue weighted by Crippen LogP contribution is -2.11. The molecule has 0 atom stereocenters. The smallest absolute Gasteiger partial charge is 0.437 e. The third-order valence-electron chi connectivity index (χ3n) is 3.09. The minimum atomic E-state index is -0.656. The van der Waals surface area contributed by atoms with Crippen LogP contribution in [0.1, 0.15) is 12.5 Å². The number of benzene rings is 2. The second kappa shape index (κ2) is 7.84. The number of hydrogen-bond acceptors (Lipinski definition) is 5. The number of carbonyl (C=O) groups excluding carboxylic acids is 1. The van der Waals surface area contributed by atoms with Crippen molar-refractivity contribution in [3.05, 3.63) is 54.1 Å². The molecule has 0 heterocycles. The van der Waals surface area contributed by atoms with Crippen LogP contribution in [-0.4, -0.2) is 26.0 Å². The molecular weight excluding hydrogens is 296 g/mol. The topological polar surface area (TPSA) is 69.2 Å². The Bertz CT molecular complexity index is 699. The Balaban J connectivity index is 2.03. The first kappa shape index (κ1) is 16.4. The summed E-state index contributed by atoms with van der Waals surface area (Å²) in [4.78, 5) is 16.5. The molecule has 2 aromatic carbocycles. The van der Waals surface area contributed by atoms with Crippen molar-refractivity contribution in [1.29, 1.82) is 0 Å². The van der Waals surface area contributed by atoms with Gasteiger partial charge < -0.3 is 9.47 Å². The van der Waals surface area contributed by atoms with Crippen LogP contribution in [0.2, 0.25) is 0 Å². The first-order chi connectivity index (χ1) is 11.1. The molecule has 1 amide bonds. The Morgan fingerprint density at radius 3 is 2.35 bits per heavy atom. The fourth-order valence-electron chi connectivity index (χ4n) is 1.89. The molecule has 0 aliphatic carbocycles. The summed E-state index contributed by atoms with van der Waals surface area (Å²) in [6, 6.07) is 14.3. The Morgan fingerprint density at radius 2 is 1.70 bits per heavy atom. The molecule has 0 aliphatic rings. The maximum Gasteiger partial charge on any atom is 0.437 e. The van der Waals surface area contributed by atoms with Gasteiger partial charge in [0, 0.05) is 11.3 Å². The average Bonchev–Trinajstić information content (AvgIpc) is 2.59. The van der Waals surface area contributed by atoms with Crippen LogP contribution in [0.5, 0.6) is 11.5 Å². The monoisotopic (exact) mass is 314 g/mol. The van der Waals surface area contributed by atoms with Crippen LogP contribution in [0.3, 0.4) is 0 Å². The zero-order valence-corrected chi connectivity index (χ0v) is 13.2. The average molecular weight is 314 g/mol. The molecule has 0 saturated carbocycles. The summed E-state index contributed by atoms with van der Waals surface area (Å²) in [6.07, 6.45) is -0.656. The zero-order chi connectivity index (χ0) is 16.7. The molecule has 0 saturated heterocycles. The number of anilines is 1. The molecule has 0 aromatic heterocycles. The van der Waals surface area contributed by atoms with Gasteiger partial charge in [-0.2, -0.15) is 0 Å². The quantitative estimate of drug-likeness (QED) is 0.519. The van der Waals surface area contributed by atoms with Crippen molar-refractivity contribution in [2.45, 2.75) is 6.92 Å². The molecular formula is C17H18N2O4. The van der Waals surface area contributed by atoms with Crippen molar-refractivity contribution < 1.29 is 19.1 Å². The fourth-order valence-corrected chi connectivity index (χ4v) is 1.89. The van der Waals surface area contributed by atoms with E-state index in [0.717, 1.165) is 5.56 Å². The Labute approximate surface area is 134 Å². The molecule has 0 unspecified atom stereocenters. The number of oxime groups is 1. The molecule has 120 valence electrons. The van der Waals surface area contributed by atoms with Gasteiger partial charge in [-0.05, 0) is 37.3 Å². The van der Waals surface area contributed by atoms with E-state index >= 15 is 0 Å². The van der Waals surface area contributed by atoms with Crippen LogP contribution in [0.4, 0.5) is 10.5 Å². The van der Waals surface area contributed by atoms with Gasteiger partial charge in [-0.25, -0.2) is 4.79 Å². The van der Waals surface area contributed by atoms with Crippen LogP contribution in [0.15, 0.2) is 53.7 Å². The van der Waals surface area contributed by atoms with Gasteiger partial charge in [-0.15, -0.1) is 0 Å². The zero-order valence-electron chi connectivity index (χ0n) is 13.2. The van der Waals surface area contributed by atoms with E-state index < -0.39 is 6.09 Å². The number of ether oxygens (including phenoxy) is 2. The third kappa shape index (κ3) is 4.47. The van der Waals surface area contributed by atoms with Crippen LogP contribution >= 0.6 is 0 Å². The molecule has 0 spiro atoms. The van der Waals surface area contributed by atoms with Crippen LogP contribution in [-0.2, 0) is 4.84 Å². The van der Waals surface area contributed by atoms with Crippen molar-refractivity contribution in [3.8, 4) is 11.5 Å². The highest BCUT2D eigenvalue weighted by Gasteiger charge is 2.08. The van der Waals surface area contributed by atoms with Crippen LogP contribution in [0, 0.1) is 0 Å². The molecule has 0 fully saturated rings. The van der Waals surface area contributed by atoms with Crippen molar-refractivity contribution in [1.82, 2.24) is 0 Å². The second-order valence-electron chi connectivity index (χ2n) is 4.62. The van der Waals surface area contributed by atoms with Crippen molar-refractivity contribution in [3.63, 3.8) is 0 Å². The number of nitrogens with zero attached hydrogens (tertiary/aromatic N) is 1. The molecule has 0 radical (unpaired) electrons. The van der Waals surface area contributed by atoms with Crippen molar-refractivity contribution >= 4 is 17.5 Å². The van der Waals surface area contributed by atoms with E-state index in [1.165, 1.54) is 0 Å². The number of carbonyl (C=O) groups is 1. The van der Waals surface area contributed by atoms with E-state index in [0.29, 0.717) is 22.9 Å². The highest BCUT2D eigenvalue weighted by Crippen LogP contribution is 2.27. The summed E-state index contributed by atoms with van der Waals surface area (Å²) in [6.45, 7) is 1.73. The van der Waals surface area contributed by atoms with Gasteiger partial charge in [0.05, 0.1) is 19.9 Å². The lowest BCUT2D eigenvalue weighted by atomic mass is 10.1. The number of amides is 1. The van der Waals surface area contributed by atoms with Crippen molar-refractivity contribution in [2.75, 3.05) is 19.5 Å². The number of nitrogens with one attached hydrogen (secondary N) is 1. The molecule has 2 aromatic rings. The predicted octanol–water partition coefficient (Wildman–Crippen LogP) is 3.68. The normalized spacial score (nSPS) is 10.8. The molecule has 1 N–H and O–H groups in total. The second-order valence-corrected chi connectivity index (χ2v) is 4.62. The summed E-state index contributed by atoms with van der Waals surface area (Å²) >= 11 is 0. The maximum atomic E-state index is 11.7. The Kier molecular flexibility index (Phi) is 5.57. The van der Waals surface area contributed by atoms with Gasteiger partial charge in [0.2, 0.25) is 0 Å². The Morgan fingerprint density at radius 1 is 1.00 bits per heavy atom. The largest absolute Gasteiger partial charge is 0.493 e. The van der Waals surface area contributed by atoms with Gasteiger partial charge in [-0.1, -0.05) is 23.4 Å². The molecule has 2 rings (SSSR count). The molecule has 0 aliphatic heterocycles. The van der Waals surface area contributed by atoms with E-state index in [1.807, 2.05) is 18.2 Å². The fraction of sp³-hybridized carbons (Fsp3) is 0.176. The maximum absolute atomic E-state index is 11.7. The molecule has 0 bridgehead atoms. The number of rotatable bonds is 5. The first-order valence-electron chi connectivity index (χ1n) is 6.94. The number of hydrogen-bond donors (Lipinski definition) is 1. The summed E-state index contributed by atoms with van der Waals surface area (Å²) in [5.41, 5.74) is 1.93. The Hall–Kier alpha value is -3.02. The minimum Gasteiger partial charge on any atom is -0.493 e. The lowest BCUT2D eigenvalue weighted by Gasteiger charge is -2.09. The van der Waals surface area contributed by atoms with Crippen LogP contribution < -0.4 is 14.8 Å². The third-order valence-corrected chi connectivity index (χ3v) is 3.09. The standard InChI is InChI=1S/C17H18N2O4/c1-12(13-9-10-15(21-2)16(11-13)22-3)19-23-17(20)18-14-7-5-4-6-8-14/h4-11H,1-3H3,(H,18,20)/b19-12+. The van der Waals surface area contributed by atoms with Gasteiger partial charge in [-0.3, -0.25) is 10.2 Å². The van der Waals surface area contributed by atoms with E-state index in [-0.39, 0.29) is 0 Å². The number of para-hydroxylation sites is 1. The SMILES string of the molecule is COc1ccc(/C(C)=N/OC(=O)Nc2ccccc2)cc1OC. The van der Waals surface area contributed by atoms with Crippen molar-refractivity contribution in [2.24, 2.45) is 5.16 Å². The van der Waals surface area contributed by atoms with E-state index in [9.17, 15) is 4.79 Å². The van der Waals surface area contributed by atoms with Gasteiger partial charge in [0.1, 0.15) is 0 Å². The molecule has 6 heteroatoms. The van der Waals surface area contributed by atoms with Gasteiger partial charge in [0.25, 0.3) is 0 Å². The summed E-state index contributed by atoms with van der Waals surface area (Å²) in [5.74, 6) is 1.19. The predicted molar refractivity (Wildman–Crippen MR) is 88.3 cm³/mol. The van der Waals surface area contributed by atoms with Gasteiger partial charge in [0.15, 0.2) is 11.5 Å². The first-order valence-corrected chi connectivity index (χ1v) is 6.94. The van der Waals surface area contributed by atoms with E-state index in [2.05, 4.69) is 10.5 Å². The summed E-state index contributed by atoms with van der Waals surface area (Å²) in [5, 5.41) is 6.41.